The summed E-state index contributed by atoms with van der Waals surface area (Å²) in [6.07, 6.45) is 10.6. The zero-order chi connectivity index (χ0) is 19.0. The van der Waals surface area contributed by atoms with Crippen LogP contribution in [0.5, 0.6) is 0 Å². The zero-order valence-corrected chi connectivity index (χ0v) is 17.4. The van der Waals surface area contributed by atoms with Gasteiger partial charge in [0.05, 0.1) is 0 Å². The van der Waals surface area contributed by atoms with Crippen LogP contribution in [-0.4, -0.2) is 49.5 Å². The van der Waals surface area contributed by atoms with Crippen molar-refractivity contribution < 1.29 is 4.79 Å². The third-order valence-electron chi connectivity index (χ3n) is 6.75. The van der Waals surface area contributed by atoms with Crippen molar-refractivity contribution in [2.24, 2.45) is 16.3 Å². The molecule has 0 aromatic rings. The van der Waals surface area contributed by atoms with Gasteiger partial charge < -0.3 is 15.5 Å². The second-order valence-corrected chi connectivity index (χ2v) is 8.24. The molecule has 2 rings (SSSR count). The van der Waals surface area contributed by atoms with E-state index >= 15 is 0 Å². The topological polar surface area (TPSA) is 56.7 Å². The Bertz CT molecular complexity index is 459. The van der Waals surface area contributed by atoms with E-state index in [0.29, 0.717) is 17.4 Å². The van der Waals surface area contributed by atoms with Crippen molar-refractivity contribution in [3.63, 3.8) is 0 Å². The Morgan fingerprint density at radius 1 is 1.15 bits per heavy atom. The molecule has 1 aliphatic carbocycles. The molecule has 0 spiro atoms. The van der Waals surface area contributed by atoms with Gasteiger partial charge in [0, 0.05) is 38.6 Å². The predicted octanol–water partition coefficient (Wildman–Crippen LogP) is 3.55. The van der Waals surface area contributed by atoms with Gasteiger partial charge in [0.15, 0.2) is 5.96 Å². The fourth-order valence-corrected chi connectivity index (χ4v) is 4.58. The lowest BCUT2D eigenvalue weighted by Gasteiger charge is -2.35. The summed E-state index contributed by atoms with van der Waals surface area (Å²) < 4.78 is 0. The molecule has 5 nitrogen and oxygen atoms in total. The minimum Gasteiger partial charge on any atom is -0.356 e. The quantitative estimate of drug-likeness (QED) is 0.536. The first-order valence-electron chi connectivity index (χ1n) is 10.8. The number of carbonyl (C=O) groups is 1. The molecule has 1 aliphatic heterocycles. The molecule has 0 aromatic heterocycles. The molecule has 0 atom stereocenters. The number of hydrogen-bond acceptors (Lipinski definition) is 2. The molecule has 150 valence electrons. The third-order valence-corrected chi connectivity index (χ3v) is 6.75. The average molecular weight is 365 g/mol. The first-order chi connectivity index (χ1) is 12.6. The van der Waals surface area contributed by atoms with E-state index in [0.717, 1.165) is 51.3 Å². The number of nitrogens with one attached hydrogen (secondary N) is 2. The summed E-state index contributed by atoms with van der Waals surface area (Å²) in [7, 11) is 1.86. The summed E-state index contributed by atoms with van der Waals surface area (Å²) in [5, 5.41) is 7.17. The summed E-state index contributed by atoms with van der Waals surface area (Å²) in [4.78, 5) is 19.0. The van der Waals surface area contributed by atoms with Gasteiger partial charge in [-0.15, -0.1) is 0 Å². The van der Waals surface area contributed by atoms with Crippen molar-refractivity contribution in [3.05, 3.63) is 0 Å². The first kappa shape index (κ1) is 21.0. The van der Waals surface area contributed by atoms with Crippen LogP contribution in [0.2, 0.25) is 0 Å². The van der Waals surface area contributed by atoms with Crippen LogP contribution >= 0.6 is 0 Å². The van der Waals surface area contributed by atoms with Gasteiger partial charge in [0.1, 0.15) is 0 Å². The standard InChI is InChI=1S/C21H40N4O/c1-5-17(6-2)19(26)25-14-10-18(11-15-25)24-20(22-4)23-16-21(7-3)12-8-9-13-21/h17-18H,5-16H2,1-4H3,(H2,22,23,24). The summed E-state index contributed by atoms with van der Waals surface area (Å²) in [6, 6.07) is 0.410. The molecule has 0 bridgehead atoms. The summed E-state index contributed by atoms with van der Waals surface area (Å²) >= 11 is 0. The molecule has 1 saturated heterocycles. The van der Waals surface area contributed by atoms with Crippen molar-refractivity contribution in [2.45, 2.75) is 84.6 Å². The Labute approximate surface area is 160 Å². The molecular weight excluding hydrogens is 324 g/mol. The number of piperidine rings is 1. The summed E-state index contributed by atoms with van der Waals surface area (Å²) in [6.45, 7) is 9.30. The number of likely N-dealkylation sites (tertiary alicyclic amines) is 1. The number of nitrogens with zero attached hydrogens (tertiary/aromatic N) is 2. The predicted molar refractivity (Wildman–Crippen MR) is 109 cm³/mol. The van der Waals surface area contributed by atoms with Crippen LogP contribution in [0.3, 0.4) is 0 Å². The Kier molecular flexibility index (Phi) is 8.23. The minimum atomic E-state index is 0.200. The van der Waals surface area contributed by atoms with Crippen LogP contribution in [0.1, 0.15) is 78.6 Å². The molecule has 2 N–H and O–H groups in total. The lowest BCUT2D eigenvalue weighted by atomic mass is 9.83. The molecule has 2 aliphatic rings. The van der Waals surface area contributed by atoms with Crippen molar-refractivity contribution in [1.29, 1.82) is 0 Å². The van der Waals surface area contributed by atoms with Crippen molar-refractivity contribution in [1.82, 2.24) is 15.5 Å². The highest BCUT2D eigenvalue weighted by molar-refractivity contribution is 5.80. The van der Waals surface area contributed by atoms with Gasteiger partial charge in [-0.05, 0) is 50.4 Å². The van der Waals surface area contributed by atoms with E-state index in [1.807, 2.05) is 7.05 Å². The van der Waals surface area contributed by atoms with E-state index in [1.165, 1.54) is 32.1 Å². The van der Waals surface area contributed by atoms with Crippen molar-refractivity contribution >= 4 is 11.9 Å². The molecule has 0 radical (unpaired) electrons. The number of hydrogen-bond donors (Lipinski definition) is 2. The van der Waals surface area contributed by atoms with Gasteiger partial charge in [0.25, 0.3) is 0 Å². The van der Waals surface area contributed by atoms with Crippen LogP contribution < -0.4 is 10.6 Å². The molecule has 26 heavy (non-hydrogen) atoms. The molecular formula is C21H40N4O. The van der Waals surface area contributed by atoms with E-state index in [2.05, 4.69) is 41.3 Å². The molecule has 1 saturated carbocycles. The molecule has 1 amide bonds. The highest BCUT2D eigenvalue weighted by Crippen LogP contribution is 2.40. The van der Waals surface area contributed by atoms with Crippen molar-refractivity contribution in [3.8, 4) is 0 Å². The molecule has 1 heterocycles. The third kappa shape index (κ3) is 5.37. The summed E-state index contributed by atoms with van der Waals surface area (Å²) in [5.41, 5.74) is 0.461. The number of amides is 1. The molecule has 2 fully saturated rings. The maximum atomic E-state index is 12.5. The monoisotopic (exact) mass is 364 g/mol. The Hall–Kier alpha value is -1.26. The second kappa shape index (κ2) is 10.2. The largest absolute Gasteiger partial charge is 0.356 e. The Morgan fingerprint density at radius 2 is 1.77 bits per heavy atom. The second-order valence-electron chi connectivity index (χ2n) is 8.24. The van der Waals surface area contributed by atoms with Crippen molar-refractivity contribution in [2.75, 3.05) is 26.7 Å². The normalized spacial score (nSPS) is 21.3. The number of aliphatic imine (C=N–C) groups is 1. The van der Waals surface area contributed by atoms with Gasteiger partial charge in [-0.25, -0.2) is 0 Å². The highest BCUT2D eigenvalue weighted by Gasteiger charge is 2.32. The SMILES string of the molecule is CCC(CC)C(=O)N1CCC(NC(=NC)NCC2(CC)CCCC2)CC1. The number of rotatable bonds is 7. The molecule has 5 heteroatoms. The van der Waals surface area contributed by atoms with E-state index < -0.39 is 0 Å². The summed E-state index contributed by atoms with van der Waals surface area (Å²) in [5.74, 6) is 1.47. The lowest BCUT2D eigenvalue weighted by Crippen LogP contribution is -2.51. The van der Waals surface area contributed by atoms with E-state index in [4.69, 9.17) is 0 Å². The van der Waals surface area contributed by atoms with Gasteiger partial charge in [-0.3, -0.25) is 9.79 Å². The van der Waals surface area contributed by atoms with Crippen LogP contribution in [0.25, 0.3) is 0 Å². The average Bonchev–Trinajstić information content (AvgIpc) is 3.16. The Morgan fingerprint density at radius 3 is 2.27 bits per heavy atom. The van der Waals surface area contributed by atoms with E-state index in [-0.39, 0.29) is 5.92 Å². The zero-order valence-electron chi connectivity index (χ0n) is 17.4. The fourth-order valence-electron chi connectivity index (χ4n) is 4.58. The van der Waals surface area contributed by atoms with Crippen LogP contribution in [0.4, 0.5) is 0 Å². The van der Waals surface area contributed by atoms with Crippen LogP contribution in [0, 0.1) is 11.3 Å². The van der Waals surface area contributed by atoms with Gasteiger partial charge in [-0.1, -0.05) is 33.6 Å². The van der Waals surface area contributed by atoms with Gasteiger partial charge in [-0.2, -0.15) is 0 Å². The van der Waals surface area contributed by atoms with E-state index in [1.54, 1.807) is 0 Å². The maximum absolute atomic E-state index is 12.5. The van der Waals surface area contributed by atoms with Gasteiger partial charge >= 0.3 is 0 Å². The van der Waals surface area contributed by atoms with E-state index in [9.17, 15) is 4.79 Å². The number of guanidine groups is 1. The minimum absolute atomic E-state index is 0.200. The highest BCUT2D eigenvalue weighted by atomic mass is 16.2. The first-order valence-corrected chi connectivity index (χ1v) is 10.8. The fraction of sp³-hybridized carbons (Fsp3) is 0.905. The van der Waals surface area contributed by atoms with Gasteiger partial charge in [0.2, 0.25) is 5.91 Å². The molecule has 0 aromatic carbocycles. The number of carbonyl (C=O) groups excluding carboxylic acids is 1. The lowest BCUT2D eigenvalue weighted by molar-refractivity contribution is -0.136. The molecule has 0 unspecified atom stereocenters. The smallest absolute Gasteiger partial charge is 0.225 e. The maximum Gasteiger partial charge on any atom is 0.225 e. The van der Waals surface area contributed by atoms with Crippen LogP contribution in [-0.2, 0) is 4.79 Å². The van der Waals surface area contributed by atoms with Crippen LogP contribution in [0.15, 0.2) is 4.99 Å². The Balaban J connectivity index is 1.77.